The van der Waals surface area contributed by atoms with Gasteiger partial charge in [-0.05, 0) is 0 Å². The summed E-state index contributed by atoms with van der Waals surface area (Å²) in [5.41, 5.74) is 0. The summed E-state index contributed by atoms with van der Waals surface area (Å²) in [4.78, 5) is 10.6. The van der Waals surface area contributed by atoms with Gasteiger partial charge in [-0.15, -0.1) is 0 Å². The molecule has 0 radical (unpaired) electrons. The molecular weight excluding hydrogens is 301 g/mol. The third kappa shape index (κ3) is 10.0. The number of carbonyl (C=O) groups excluding carboxylic acids is 1. The Morgan fingerprint density at radius 3 is 2.43 bits per heavy atom. The Kier molecular flexibility index (Phi) is 10.9. The van der Waals surface area contributed by atoms with Crippen molar-refractivity contribution in [1.29, 1.82) is 0 Å². The summed E-state index contributed by atoms with van der Waals surface area (Å²) in [6.45, 7) is 2.84. The second kappa shape index (κ2) is 11.0. The Bertz CT molecular complexity index is 145. The molecule has 5 nitrogen and oxygen atoms in total. The largest absolute Gasteiger partial charge is 0.453 e. The summed E-state index contributed by atoms with van der Waals surface area (Å²) in [5.74, 6) is 0. The molecule has 0 heterocycles. The summed E-state index contributed by atoms with van der Waals surface area (Å²) >= 11 is 2.25. The van der Waals surface area contributed by atoms with Crippen LogP contribution in [-0.2, 0) is 14.2 Å². The number of alkyl halides is 1. The first-order valence-electron chi connectivity index (χ1n) is 4.34. The second-order valence-electron chi connectivity index (χ2n) is 2.33. The van der Waals surface area contributed by atoms with Crippen molar-refractivity contribution >= 4 is 28.7 Å². The average molecular weight is 317 g/mol. The predicted molar refractivity (Wildman–Crippen MR) is 60.9 cm³/mol. The van der Waals surface area contributed by atoms with Gasteiger partial charge in [0.25, 0.3) is 0 Å². The van der Waals surface area contributed by atoms with Crippen molar-refractivity contribution in [1.82, 2.24) is 5.32 Å². The minimum atomic E-state index is -0.435. The smallest absolute Gasteiger partial charge is 0.406 e. The molecular formula is C8H16INO4. The molecule has 0 spiro atoms. The lowest BCUT2D eigenvalue weighted by Gasteiger charge is -2.05. The van der Waals surface area contributed by atoms with Crippen LogP contribution < -0.4 is 5.32 Å². The number of nitrogens with one attached hydrogen (secondary N) is 1. The first-order valence-corrected chi connectivity index (χ1v) is 5.87. The van der Waals surface area contributed by atoms with Crippen molar-refractivity contribution in [3.63, 3.8) is 0 Å². The second-order valence-corrected chi connectivity index (χ2v) is 3.41. The number of carbonyl (C=O) groups is 1. The highest BCUT2D eigenvalue weighted by atomic mass is 127. The van der Waals surface area contributed by atoms with Gasteiger partial charge < -0.3 is 19.5 Å². The maximum absolute atomic E-state index is 10.6. The Morgan fingerprint density at radius 2 is 1.86 bits per heavy atom. The minimum Gasteiger partial charge on any atom is -0.453 e. The summed E-state index contributed by atoms with van der Waals surface area (Å²) in [6.07, 6.45) is -0.435. The van der Waals surface area contributed by atoms with Crippen LogP contribution in [0.3, 0.4) is 0 Å². The highest BCUT2D eigenvalue weighted by molar-refractivity contribution is 14.1. The van der Waals surface area contributed by atoms with Crippen molar-refractivity contribution in [2.24, 2.45) is 0 Å². The lowest BCUT2D eigenvalue weighted by molar-refractivity contribution is 0.0552. The number of ether oxygens (including phenoxy) is 3. The van der Waals surface area contributed by atoms with Crippen molar-refractivity contribution in [3.8, 4) is 0 Å². The standard InChI is InChI=1S/C8H16INO4/c1-12-8(11)10-3-5-14-7-6-13-4-2-9/h2-7H2,1H3,(H,10,11). The molecule has 0 aromatic heterocycles. The van der Waals surface area contributed by atoms with Crippen LogP contribution in [0.2, 0.25) is 0 Å². The third-order valence-electron chi connectivity index (χ3n) is 1.29. The highest BCUT2D eigenvalue weighted by Crippen LogP contribution is 1.83. The maximum Gasteiger partial charge on any atom is 0.406 e. The van der Waals surface area contributed by atoms with Gasteiger partial charge in [0.1, 0.15) is 0 Å². The van der Waals surface area contributed by atoms with E-state index < -0.39 is 6.09 Å². The third-order valence-corrected chi connectivity index (χ3v) is 1.74. The van der Waals surface area contributed by atoms with E-state index in [-0.39, 0.29) is 0 Å². The lowest BCUT2D eigenvalue weighted by atomic mass is 10.6. The predicted octanol–water partition coefficient (Wildman–Crippen LogP) is 0.811. The van der Waals surface area contributed by atoms with E-state index in [2.05, 4.69) is 32.6 Å². The molecule has 84 valence electrons. The first kappa shape index (κ1) is 13.9. The fourth-order valence-corrected chi connectivity index (χ4v) is 0.985. The van der Waals surface area contributed by atoms with E-state index in [1.807, 2.05) is 0 Å². The molecule has 0 aromatic rings. The first-order chi connectivity index (χ1) is 6.81. The number of hydrogen-bond acceptors (Lipinski definition) is 4. The molecule has 0 atom stereocenters. The van der Waals surface area contributed by atoms with Crippen LogP contribution in [0.5, 0.6) is 0 Å². The van der Waals surface area contributed by atoms with Crippen LogP contribution in [0.15, 0.2) is 0 Å². The molecule has 0 aliphatic carbocycles. The van der Waals surface area contributed by atoms with Crippen LogP contribution in [0.1, 0.15) is 0 Å². The van der Waals surface area contributed by atoms with Gasteiger partial charge in [0.05, 0.1) is 33.5 Å². The molecule has 0 unspecified atom stereocenters. The number of methoxy groups -OCH3 is 1. The topological polar surface area (TPSA) is 56.8 Å². The van der Waals surface area contributed by atoms with Gasteiger partial charge >= 0.3 is 6.09 Å². The van der Waals surface area contributed by atoms with E-state index >= 15 is 0 Å². The van der Waals surface area contributed by atoms with Gasteiger partial charge in [-0.3, -0.25) is 0 Å². The molecule has 1 N–H and O–H groups in total. The zero-order valence-electron chi connectivity index (χ0n) is 8.25. The molecule has 0 aromatic carbocycles. The van der Waals surface area contributed by atoms with Gasteiger partial charge in [-0.2, -0.15) is 0 Å². The van der Waals surface area contributed by atoms with Crippen molar-refractivity contribution in [2.75, 3.05) is 44.5 Å². The summed E-state index contributed by atoms with van der Waals surface area (Å²) in [6, 6.07) is 0. The summed E-state index contributed by atoms with van der Waals surface area (Å²) < 4.78 is 15.7. The zero-order chi connectivity index (χ0) is 10.6. The molecule has 0 saturated heterocycles. The van der Waals surface area contributed by atoms with Crippen LogP contribution >= 0.6 is 22.6 Å². The highest BCUT2D eigenvalue weighted by Gasteiger charge is 1.95. The molecule has 0 saturated carbocycles. The molecule has 0 fully saturated rings. The maximum atomic E-state index is 10.6. The Hall–Kier alpha value is -0.0800. The number of halogens is 1. The normalized spacial score (nSPS) is 9.86. The van der Waals surface area contributed by atoms with E-state index in [0.29, 0.717) is 26.4 Å². The average Bonchev–Trinajstić information content (AvgIpc) is 2.21. The van der Waals surface area contributed by atoms with Crippen LogP contribution in [0, 0.1) is 0 Å². The monoisotopic (exact) mass is 317 g/mol. The Balaban J connectivity index is 2.95. The fourth-order valence-electron chi connectivity index (χ4n) is 0.674. The quantitative estimate of drug-likeness (QED) is 0.409. The van der Waals surface area contributed by atoms with Gasteiger partial charge in [0.2, 0.25) is 0 Å². The SMILES string of the molecule is COC(=O)NCCOCCOCCI. The molecule has 0 aliphatic heterocycles. The molecule has 1 amide bonds. The summed E-state index contributed by atoms with van der Waals surface area (Å²) in [7, 11) is 1.33. The van der Waals surface area contributed by atoms with Crippen molar-refractivity contribution in [2.45, 2.75) is 0 Å². The van der Waals surface area contributed by atoms with Crippen LogP contribution in [-0.4, -0.2) is 50.6 Å². The van der Waals surface area contributed by atoms with Gasteiger partial charge in [-0.1, -0.05) is 22.6 Å². The summed E-state index contributed by atoms with van der Waals surface area (Å²) in [5, 5.41) is 2.51. The molecule has 0 bridgehead atoms. The number of rotatable bonds is 8. The number of hydrogen-bond donors (Lipinski definition) is 1. The molecule has 0 aliphatic rings. The van der Waals surface area contributed by atoms with Gasteiger partial charge in [0.15, 0.2) is 0 Å². The molecule has 14 heavy (non-hydrogen) atoms. The van der Waals surface area contributed by atoms with E-state index in [4.69, 9.17) is 9.47 Å². The van der Waals surface area contributed by atoms with E-state index in [0.717, 1.165) is 11.0 Å². The minimum absolute atomic E-state index is 0.435. The number of alkyl carbamates (subject to hydrolysis) is 1. The number of amides is 1. The van der Waals surface area contributed by atoms with E-state index in [1.165, 1.54) is 7.11 Å². The van der Waals surface area contributed by atoms with E-state index in [9.17, 15) is 4.79 Å². The van der Waals surface area contributed by atoms with Crippen molar-refractivity contribution in [3.05, 3.63) is 0 Å². The van der Waals surface area contributed by atoms with Gasteiger partial charge in [-0.25, -0.2) is 4.79 Å². The zero-order valence-corrected chi connectivity index (χ0v) is 10.4. The Morgan fingerprint density at radius 1 is 1.21 bits per heavy atom. The lowest BCUT2D eigenvalue weighted by Crippen LogP contribution is -2.27. The fraction of sp³-hybridized carbons (Fsp3) is 0.875. The van der Waals surface area contributed by atoms with Crippen LogP contribution in [0.25, 0.3) is 0 Å². The van der Waals surface area contributed by atoms with Crippen molar-refractivity contribution < 1.29 is 19.0 Å². The van der Waals surface area contributed by atoms with E-state index in [1.54, 1.807) is 0 Å². The van der Waals surface area contributed by atoms with Gasteiger partial charge in [0, 0.05) is 11.0 Å². The molecule has 6 heteroatoms. The van der Waals surface area contributed by atoms with Crippen LogP contribution in [0.4, 0.5) is 4.79 Å². The molecule has 0 rings (SSSR count). The Labute approximate surface area is 97.6 Å².